The molecule has 1 saturated carbocycles. The molecule has 1 aromatic carbocycles. The Morgan fingerprint density at radius 1 is 1.12 bits per heavy atom. The van der Waals surface area contributed by atoms with Crippen molar-refractivity contribution >= 4 is 11.5 Å². The summed E-state index contributed by atoms with van der Waals surface area (Å²) in [6.45, 7) is 4.15. The van der Waals surface area contributed by atoms with Gasteiger partial charge in [0.15, 0.2) is 5.78 Å². The van der Waals surface area contributed by atoms with Crippen molar-refractivity contribution in [2.24, 2.45) is 0 Å². The van der Waals surface area contributed by atoms with Crippen LogP contribution >= 0.6 is 0 Å². The summed E-state index contributed by atoms with van der Waals surface area (Å²) in [6, 6.07) is 6.31. The molecule has 0 aromatic heterocycles. The Hall–Kier alpha value is -1.57. The summed E-state index contributed by atoms with van der Waals surface area (Å²) in [4.78, 5) is 11.4. The highest BCUT2D eigenvalue weighted by Gasteiger charge is 2.16. The number of ketones is 1. The van der Waals surface area contributed by atoms with E-state index in [1.165, 1.54) is 11.1 Å². The van der Waals surface area contributed by atoms with Gasteiger partial charge in [0.1, 0.15) is 0 Å². The molecule has 0 heterocycles. The molecule has 84 valence electrons. The number of carbonyl (C=O) groups is 1. The van der Waals surface area contributed by atoms with Crippen LogP contribution in [-0.2, 0) is 4.79 Å². The molecule has 0 atom stereocenters. The summed E-state index contributed by atoms with van der Waals surface area (Å²) >= 11 is 0. The predicted octanol–water partition coefficient (Wildman–Crippen LogP) is 3.35. The first kappa shape index (κ1) is 10.9. The largest absolute Gasteiger partial charge is 0.361 e. The molecule has 0 amide bonds. The summed E-state index contributed by atoms with van der Waals surface area (Å²) in [5.41, 5.74) is 4.46. The van der Waals surface area contributed by atoms with Gasteiger partial charge in [0.25, 0.3) is 0 Å². The highest BCUT2D eigenvalue weighted by Crippen LogP contribution is 2.21. The minimum Gasteiger partial charge on any atom is -0.361 e. The van der Waals surface area contributed by atoms with E-state index in [1.54, 1.807) is 0 Å². The second-order valence-electron chi connectivity index (χ2n) is 4.47. The minimum atomic E-state index is 0.289. The van der Waals surface area contributed by atoms with E-state index < -0.39 is 0 Å². The standard InChI is InChI=1S/C14H17NO/c1-10-6-11(2)8-13(7-10)15-9-12-4-3-5-14(12)16/h6-9,15H,3-5H2,1-2H3/b12-9-. The lowest BCUT2D eigenvalue weighted by atomic mass is 10.1. The highest BCUT2D eigenvalue weighted by atomic mass is 16.1. The molecule has 1 aliphatic rings. The van der Waals surface area contributed by atoms with Gasteiger partial charge in [0, 0.05) is 23.9 Å². The number of hydrogen-bond donors (Lipinski definition) is 1. The van der Waals surface area contributed by atoms with Crippen LogP contribution in [0.2, 0.25) is 0 Å². The van der Waals surface area contributed by atoms with Crippen molar-refractivity contribution in [1.82, 2.24) is 0 Å². The Morgan fingerprint density at radius 2 is 1.81 bits per heavy atom. The van der Waals surface area contributed by atoms with Crippen LogP contribution in [0.25, 0.3) is 0 Å². The first-order valence-electron chi connectivity index (χ1n) is 5.72. The predicted molar refractivity (Wildman–Crippen MR) is 66.5 cm³/mol. The number of allylic oxidation sites excluding steroid dienone is 1. The van der Waals surface area contributed by atoms with Gasteiger partial charge in [0.2, 0.25) is 0 Å². The molecule has 1 aliphatic carbocycles. The molecular formula is C14H17NO. The van der Waals surface area contributed by atoms with Crippen LogP contribution in [0.5, 0.6) is 0 Å². The summed E-state index contributed by atoms with van der Waals surface area (Å²) in [7, 11) is 0. The van der Waals surface area contributed by atoms with Gasteiger partial charge in [-0.1, -0.05) is 6.07 Å². The summed E-state index contributed by atoms with van der Waals surface area (Å²) < 4.78 is 0. The second-order valence-corrected chi connectivity index (χ2v) is 4.47. The maximum absolute atomic E-state index is 11.4. The van der Waals surface area contributed by atoms with Gasteiger partial charge < -0.3 is 5.32 Å². The van der Waals surface area contributed by atoms with Crippen LogP contribution in [0.3, 0.4) is 0 Å². The molecule has 2 heteroatoms. The Labute approximate surface area is 96.4 Å². The Morgan fingerprint density at radius 3 is 2.38 bits per heavy atom. The van der Waals surface area contributed by atoms with Gasteiger partial charge in [-0.3, -0.25) is 4.79 Å². The Bertz CT molecular complexity index is 426. The van der Waals surface area contributed by atoms with E-state index in [1.807, 2.05) is 6.20 Å². The third kappa shape index (κ3) is 2.51. The lowest BCUT2D eigenvalue weighted by molar-refractivity contribution is -0.114. The lowest BCUT2D eigenvalue weighted by Crippen LogP contribution is -1.97. The van der Waals surface area contributed by atoms with E-state index in [2.05, 4.69) is 37.4 Å². The number of anilines is 1. The molecule has 1 N–H and O–H groups in total. The molecule has 0 aliphatic heterocycles. The topological polar surface area (TPSA) is 29.1 Å². The quantitative estimate of drug-likeness (QED) is 0.766. The third-order valence-electron chi connectivity index (χ3n) is 2.84. The van der Waals surface area contributed by atoms with Crippen molar-refractivity contribution in [1.29, 1.82) is 0 Å². The van der Waals surface area contributed by atoms with Crippen molar-refractivity contribution in [2.45, 2.75) is 33.1 Å². The van der Waals surface area contributed by atoms with Crippen LogP contribution in [-0.4, -0.2) is 5.78 Å². The average molecular weight is 215 g/mol. The number of rotatable bonds is 2. The van der Waals surface area contributed by atoms with Gasteiger partial charge in [-0.15, -0.1) is 0 Å². The summed E-state index contributed by atoms with van der Waals surface area (Å²) in [6.07, 6.45) is 4.49. The van der Waals surface area contributed by atoms with E-state index in [0.29, 0.717) is 6.42 Å². The van der Waals surface area contributed by atoms with Crippen LogP contribution in [0, 0.1) is 13.8 Å². The van der Waals surface area contributed by atoms with E-state index in [4.69, 9.17) is 0 Å². The van der Waals surface area contributed by atoms with Crippen molar-refractivity contribution < 1.29 is 4.79 Å². The molecule has 2 nitrogen and oxygen atoms in total. The molecule has 1 aromatic rings. The van der Waals surface area contributed by atoms with E-state index >= 15 is 0 Å². The van der Waals surface area contributed by atoms with Crippen molar-refractivity contribution in [2.75, 3.05) is 5.32 Å². The average Bonchev–Trinajstić information content (AvgIpc) is 2.59. The van der Waals surface area contributed by atoms with Gasteiger partial charge in [-0.25, -0.2) is 0 Å². The second kappa shape index (κ2) is 4.52. The fourth-order valence-electron chi connectivity index (χ4n) is 2.12. The monoisotopic (exact) mass is 215 g/mol. The number of benzene rings is 1. The van der Waals surface area contributed by atoms with Gasteiger partial charge in [-0.05, 0) is 49.9 Å². The zero-order valence-corrected chi connectivity index (χ0v) is 9.84. The molecular weight excluding hydrogens is 198 g/mol. The van der Waals surface area contributed by atoms with E-state index in [-0.39, 0.29) is 5.78 Å². The van der Waals surface area contributed by atoms with Gasteiger partial charge in [-0.2, -0.15) is 0 Å². The summed E-state index contributed by atoms with van der Waals surface area (Å²) in [5, 5.41) is 3.22. The minimum absolute atomic E-state index is 0.289. The molecule has 0 unspecified atom stereocenters. The van der Waals surface area contributed by atoms with Gasteiger partial charge in [0.05, 0.1) is 0 Å². The molecule has 0 bridgehead atoms. The fraction of sp³-hybridized carbons (Fsp3) is 0.357. The number of nitrogens with one attached hydrogen (secondary N) is 1. The maximum atomic E-state index is 11.4. The first-order chi connectivity index (χ1) is 7.65. The smallest absolute Gasteiger partial charge is 0.160 e. The van der Waals surface area contributed by atoms with Crippen molar-refractivity contribution in [3.63, 3.8) is 0 Å². The maximum Gasteiger partial charge on any atom is 0.160 e. The fourth-order valence-corrected chi connectivity index (χ4v) is 2.12. The Balaban J connectivity index is 2.12. The van der Waals surface area contributed by atoms with Crippen LogP contribution < -0.4 is 5.32 Å². The molecule has 1 fully saturated rings. The van der Waals surface area contributed by atoms with E-state index in [0.717, 1.165) is 24.1 Å². The molecule has 0 radical (unpaired) electrons. The summed E-state index contributed by atoms with van der Waals surface area (Å²) in [5.74, 6) is 0.289. The number of hydrogen-bond acceptors (Lipinski definition) is 2. The van der Waals surface area contributed by atoms with E-state index in [9.17, 15) is 4.79 Å². The third-order valence-corrected chi connectivity index (χ3v) is 2.84. The molecule has 2 rings (SSSR count). The van der Waals surface area contributed by atoms with Crippen LogP contribution in [0.4, 0.5) is 5.69 Å². The first-order valence-corrected chi connectivity index (χ1v) is 5.72. The molecule has 16 heavy (non-hydrogen) atoms. The van der Waals surface area contributed by atoms with Crippen LogP contribution in [0.1, 0.15) is 30.4 Å². The zero-order valence-electron chi connectivity index (χ0n) is 9.84. The number of carbonyl (C=O) groups excluding carboxylic acids is 1. The number of Topliss-reactive ketones (excluding diaryl/α,β-unsaturated/α-hetero) is 1. The lowest BCUT2D eigenvalue weighted by Gasteiger charge is -2.05. The highest BCUT2D eigenvalue weighted by molar-refractivity contribution is 5.97. The SMILES string of the molecule is Cc1cc(C)cc(N/C=C2/CCCC2=O)c1. The zero-order chi connectivity index (χ0) is 11.5. The number of aryl methyl sites for hydroxylation is 2. The Kier molecular flexibility index (Phi) is 3.09. The molecule has 0 spiro atoms. The normalized spacial score (nSPS) is 18.1. The molecule has 0 saturated heterocycles. The van der Waals surface area contributed by atoms with Crippen molar-refractivity contribution in [3.05, 3.63) is 41.1 Å². The van der Waals surface area contributed by atoms with Crippen molar-refractivity contribution in [3.8, 4) is 0 Å². The van der Waals surface area contributed by atoms with Gasteiger partial charge >= 0.3 is 0 Å². The van der Waals surface area contributed by atoms with Crippen LogP contribution in [0.15, 0.2) is 30.0 Å².